The molecule has 1 atom stereocenters. The predicted molar refractivity (Wildman–Crippen MR) is 86.0 cm³/mol. The van der Waals surface area contributed by atoms with Crippen LogP contribution in [-0.2, 0) is 10.3 Å². The van der Waals surface area contributed by atoms with Gasteiger partial charge in [0.05, 0.1) is 6.61 Å². The highest BCUT2D eigenvalue weighted by Gasteiger charge is 2.50. The number of rotatable bonds is 5. The van der Waals surface area contributed by atoms with Gasteiger partial charge in [-0.05, 0) is 18.4 Å². The van der Waals surface area contributed by atoms with Crippen LogP contribution in [0.1, 0.15) is 50.5 Å². The van der Waals surface area contributed by atoms with Gasteiger partial charge in [-0.2, -0.15) is 0 Å². The molecule has 0 amide bonds. The molecule has 1 aromatic carbocycles. The Hall–Kier alpha value is -0.900. The second kappa shape index (κ2) is 7.39. The van der Waals surface area contributed by atoms with Gasteiger partial charge < -0.3 is 15.6 Å². The Balaban J connectivity index is 2.40. The van der Waals surface area contributed by atoms with Crippen molar-refractivity contribution in [3.63, 3.8) is 0 Å². The molecule has 1 unspecified atom stereocenters. The fraction of sp³-hybridized carbons (Fsp3) is 0.667. The van der Waals surface area contributed by atoms with Crippen molar-refractivity contribution < 1.29 is 9.84 Å². The van der Waals surface area contributed by atoms with E-state index in [0.29, 0.717) is 13.2 Å². The van der Waals surface area contributed by atoms with Crippen LogP contribution < -0.4 is 5.73 Å². The molecule has 1 aromatic rings. The number of benzene rings is 1. The van der Waals surface area contributed by atoms with Gasteiger partial charge in [0.25, 0.3) is 0 Å². The molecule has 3 heteroatoms. The fourth-order valence-corrected chi connectivity index (χ4v) is 3.83. The number of hydrogen-bond acceptors (Lipinski definition) is 3. The maximum atomic E-state index is 11.6. The van der Waals surface area contributed by atoms with Gasteiger partial charge in [0.15, 0.2) is 0 Å². The lowest BCUT2D eigenvalue weighted by molar-refractivity contribution is -0.139. The summed E-state index contributed by atoms with van der Waals surface area (Å²) in [6, 6.07) is 9.92. The zero-order valence-electron chi connectivity index (χ0n) is 13.2. The van der Waals surface area contributed by atoms with Gasteiger partial charge in [-0.25, -0.2) is 0 Å². The Bertz CT molecular complexity index is 412. The first-order valence-corrected chi connectivity index (χ1v) is 8.15. The van der Waals surface area contributed by atoms with Gasteiger partial charge in [-0.15, -0.1) is 0 Å². The summed E-state index contributed by atoms with van der Waals surface area (Å²) >= 11 is 0. The lowest BCUT2D eigenvalue weighted by atomic mass is 9.62. The molecular weight excluding hydrogens is 262 g/mol. The first-order chi connectivity index (χ1) is 10.2. The largest absolute Gasteiger partial charge is 0.382 e. The van der Waals surface area contributed by atoms with Gasteiger partial charge >= 0.3 is 0 Å². The zero-order valence-corrected chi connectivity index (χ0v) is 13.2. The van der Waals surface area contributed by atoms with Crippen LogP contribution in [0.15, 0.2) is 30.3 Å². The van der Waals surface area contributed by atoms with Crippen LogP contribution in [-0.4, -0.2) is 25.4 Å². The second-order valence-electron chi connectivity index (χ2n) is 6.41. The van der Waals surface area contributed by atoms with E-state index in [9.17, 15) is 5.11 Å². The van der Waals surface area contributed by atoms with E-state index < -0.39 is 5.60 Å². The lowest BCUT2D eigenvalue weighted by Gasteiger charge is -2.48. The first-order valence-electron chi connectivity index (χ1n) is 8.15. The number of nitrogens with two attached hydrogens (primary N) is 1. The highest BCUT2D eigenvalue weighted by molar-refractivity contribution is 5.26. The second-order valence-corrected chi connectivity index (χ2v) is 6.41. The minimum Gasteiger partial charge on any atom is -0.382 e. The van der Waals surface area contributed by atoms with Crippen LogP contribution in [0.2, 0.25) is 0 Å². The number of hydrogen-bond donors (Lipinski definition) is 2. The average molecular weight is 291 g/mol. The fourth-order valence-electron chi connectivity index (χ4n) is 3.83. The highest BCUT2D eigenvalue weighted by atomic mass is 16.5. The van der Waals surface area contributed by atoms with Crippen LogP contribution in [0, 0.1) is 5.41 Å². The zero-order chi connectivity index (χ0) is 15.2. The van der Waals surface area contributed by atoms with E-state index in [4.69, 9.17) is 10.5 Å². The molecule has 1 fully saturated rings. The van der Waals surface area contributed by atoms with E-state index in [1.54, 1.807) is 7.11 Å². The molecule has 1 saturated carbocycles. The van der Waals surface area contributed by atoms with Gasteiger partial charge in [0.2, 0.25) is 0 Å². The Labute approximate surface area is 128 Å². The number of aliphatic hydroxyl groups is 1. The highest BCUT2D eigenvalue weighted by Crippen LogP contribution is 2.48. The van der Waals surface area contributed by atoms with Gasteiger partial charge in [0, 0.05) is 19.1 Å². The van der Waals surface area contributed by atoms with E-state index >= 15 is 0 Å². The van der Waals surface area contributed by atoms with Gasteiger partial charge in [-0.1, -0.05) is 62.4 Å². The van der Waals surface area contributed by atoms with E-state index in [1.165, 1.54) is 19.3 Å². The standard InChI is InChI=1S/C18H29NO2/c1-21-15-18(20,16-10-6-5-7-11-16)17(14-19)12-8-3-2-4-9-13-17/h5-7,10-11,20H,2-4,8-9,12-15,19H2,1H3. The Kier molecular flexibility index (Phi) is 5.80. The van der Waals surface area contributed by atoms with E-state index in [1.807, 2.05) is 30.3 Å². The minimum absolute atomic E-state index is 0.287. The first kappa shape index (κ1) is 16.5. The molecule has 1 aliphatic carbocycles. The third-order valence-corrected chi connectivity index (χ3v) is 5.18. The molecule has 0 aliphatic heterocycles. The molecule has 0 radical (unpaired) electrons. The maximum absolute atomic E-state index is 11.6. The van der Waals surface area contributed by atoms with Gasteiger partial charge in [0.1, 0.15) is 5.60 Å². The predicted octanol–water partition coefficient (Wildman–Crippen LogP) is 3.21. The molecule has 0 bridgehead atoms. The molecule has 118 valence electrons. The summed E-state index contributed by atoms with van der Waals surface area (Å²) in [5.74, 6) is 0. The number of methoxy groups -OCH3 is 1. The lowest BCUT2D eigenvalue weighted by Crippen LogP contribution is -2.53. The Morgan fingerprint density at radius 1 is 1.10 bits per heavy atom. The van der Waals surface area contributed by atoms with Crippen LogP contribution in [0.5, 0.6) is 0 Å². The van der Waals surface area contributed by atoms with Crippen molar-refractivity contribution in [2.24, 2.45) is 11.1 Å². The van der Waals surface area contributed by atoms with Crippen LogP contribution in [0.3, 0.4) is 0 Å². The topological polar surface area (TPSA) is 55.5 Å². The van der Waals surface area contributed by atoms with Crippen LogP contribution in [0.4, 0.5) is 0 Å². The molecule has 3 N–H and O–H groups in total. The van der Waals surface area contributed by atoms with Crippen LogP contribution >= 0.6 is 0 Å². The Morgan fingerprint density at radius 2 is 1.67 bits per heavy atom. The van der Waals surface area contributed by atoms with Crippen molar-refractivity contribution in [3.8, 4) is 0 Å². The third kappa shape index (κ3) is 3.31. The summed E-state index contributed by atoms with van der Waals surface area (Å²) < 4.78 is 5.41. The summed E-state index contributed by atoms with van der Waals surface area (Å²) in [4.78, 5) is 0. The molecule has 21 heavy (non-hydrogen) atoms. The van der Waals surface area contributed by atoms with Crippen molar-refractivity contribution in [3.05, 3.63) is 35.9 Å². The quantitative estimate of drug-likeness (QED) is 0.876. The smallest absolute Gasteiger partial charge is 0.120 e. The minimum atomic E-state index is -1.00. The Morgan fingerprint density at radius 3 is 2.19 bits per heavy atom. The van der Waals surface area contributed by atoms with E-state index in [2.05, 4.69) is 0 Å². The maximum Gasteiger partial charge on any atom is 0.120 e. The van der Waals surface area contributed by atoms with Gasteiger partial charge in [-0.3, -0.25) is 0 Å². The molecule has 0 saturated heterocycles. The van der Waals surface area contributed by atoms with Crippen molar-refractivity contribution in [1.29, 1.82) is 0 Å². The van der Waals surface area contributed by atoms with Crippen molar-refractivity contribution >= 4 is 0 Å². The normalized spacial score (nSPS) is 22.0. The SMILES string of the molecule is COCC(O)(c1ccccc1)C1(CN)CCCCCCC1. The summed E-state index contributed by atoms with van der Waals surface area (Å²) in [6.45, 7) is 0.802. The van der Waals surface area contributed by atoms with E-state index in [0.717, 1.165) is 31.2 Å². The molecule has 0 spiro atoms. The molecule has 3 nitrogen and oxygen atoms in total. The summed E-state index contributed by atoms with van der Waals surface area (Å²) in [6.07, 6.45) is 7.98. The number of ether oxygens (including phenoxy) is 1. The summed E-state index contributed by atoms with van der Waals surface area (Å²) in [5, 5.41) is 11.6. The van der Waals surface area contributed by atoms with Crippen molar-refractivity contribution in [2.75, 3.05) is 20.3 Å². The molecule has 0 heterocycles. The third-order valence-electron chi connectivity index (χ3n) is 5.18. The van der Waals surface area contributed by atoms with Crippen molar-refractivity contribution in [2.45, 2.75) is 50.5 Å². The molecular formula is C18H29NO2. The van der Waals surface area contributed by atoms with Crippen LogP contribution in [0.25, 0.3) is 0 Å². The molecule has 2 rings (SSSR count). The van der Waals surface area contributed by atoms with Crippen molar-refractivity contribution in [1.82, 2.24) is 0 Å². The summed E-state index contributed by atoms with van der Waals surface area (Å²) in [5.41, 5.74) is 5.83. The average Bonchev–Trinajstić information content (AvgIpc) is 2.49. The van der Waals surface area contributed by atoms with E-state index in [-0.39, 0.29) is 5.41 Å². The monoisotopic (exact) mass is 291 g/mol. The molecule has 1 aliphatic rings. The summed E-state index contributed by atoms with van der Waals surface area (Å²) in [7, 11) is 1.65. The molecule has 0 aromatic heterocycles.